The molecule has 1 fully saturated rings. The number of rotatable bonds is 8. The van der Waals surface area contributed by atoms with Crippen molar-refractivity contribution in [2.75, 3.05) is 64.8 Å². The molecule has 0 bridgehead atoms. The van der Waals surface area contributed by atoms with Crippen molar-refractivity contribution in [2.45, 2.75) is 20.8 Å². The standard InChI is InChI=1S/C20H33N5O3/c1-5-21-20(22-9-10-24-11-13-25(14-12-24)16(3)26)23-17-7-8-18(28-6-2)19(15-17)27-4/h7-8,15H,5-6,9-14H2,1-4H3,(H2,21,22,23). The molecule has 1 saturated heterocycles. The molecule has 2 rings (SSSR count). The third kappa shape index (κ3) is 6.60. The largest absolute Gasteiger partial charge is 0.493 e. The highest BCUT2D eigenvalue weighted by molar-refractivity contribution is 5.93. The van der Waals surface area contributed by atoms with Crippen molar-refractivity contribution in [2.24, 2.45) is 4.99 Å². The molecule has 8 heteroatoms. The van der Waals surface area contributed by atoms with Gasteiger partial charge in [0.05, 0.1) is 20.3 Å². The van der Waals surface area contributed by atoms with E-state index in [9.17, 15) is 4.79 Å². The molecule has 156 valence electrons. The summed E-state index contributed by atoms with van der Waals surface area (Å²) in [5, 5.41) is 6.58. The number of hydrogen-bond acceptors (Lipinski definition) is 5. The van der Waals surface area contributed by atoms with Gasteiger partial charge in [0.2, 0.25) is 5.91 Å². The second-order valence-corrected chi connectivity index (χ2v) is 6.53. The molecule has 8 nitrogen and oxygen atoms in total. The van der Waals surface area contributed by atoms with E-state index in [1.54, 1.807) is 14.0 Å². The van der Waals surface area contributed by atoms with Crippen LogP contribution in [0.2, 0.25) is 0 Å². The molecule has 1 amide bonds. The van der Waals surface area contributed by atoms with E-state index in [2.05, 4.69) is 20.5 Å². The Balaban J connectivity index is 1.91. The van der Waals surface area contributed by atoms with Gasteiger partial charge in [-0.1, -0.05) is 0 Å². The molecule has 0 saturated carbocycles. The summed E-state index contributed by atoms with van der Waals surface area (Å²) < 4.78 is 11.0. The zero-order valence-corrected chi connectivity index (χ0v) is 17.5. The molecule has 0 atom stereocenters. The molecule has 1 aromatic rings. The van der Waals surface area contributed by atoms with Crippen LogP contribution in [0.4, 0.5) is 5.69 Å². The lowest BCUT2D eigenvalue weighted by Gasteiger charge is -2.33. The number of amides is 1. The van der Waals surface area contributed by atoms with Crippen molar-refractivity contribution in [1.82, 2.24) is 15.1 Å². The molecule has 0 spiro atoms. The number of carbonyl (C=O) groups excluding carboxylic acids is 1. The summed E-state index contributed by atoms with van der Waals surface area (Å²) in [5.41, 5.74) is 0.884. The van der Waals surface area contributed by atoms with E-state index in [1.165, 1.54) is 0 Å². The van der Waals surface area contributed by atoms with Crippen LogP contribution in [0.15, 0.2) is 23.2 Å². The van der Waals surface area contributed by atoms with Crippen LogP contribution in [0.3, 0.4) is 0 Å². The molecule has 1 aromatic carbocycles. The topological polar surface area (TPSA) is 78.4 Å². The lowest BCUT2D eigenvalue weighted by atomic mass is 10.2. The van der Waals surface area contributed by atoms with E-state index < -0.39 is 0 Å². The first-order valence-electron chi connectivity index (χ1n) is 9.91. The Morgan fingerprint density at radius 1 is 1.18 bits per heavy atom. The number of nitrogens with zero attached hydrogens (tertiary/aromatic N) is 3. The molecular weight excluding hydrogens is 358 g/mol. The first-order chi connectivity index (χ1) is 13.6. The fourth-order valence-corrected chi connectivity index (χ4v) is 3.05. The normalized spacial score (nSPS) is 15.3. The van der Waals surface area contributed by atoms with E-state index in [-0.39, 0.29) is 5.91 Å². The second-order valence-electron chi connectivity index (χ2n) is 6.53. The predicted octanol–water partition coefficient (Wildman–Crippen LogP) is 1.64. The minimum absolute atomic E-state index is 0.155. The van der Waals surface area contributed by atoms with Gasteiger partial charge in [0.1, 0.15) is 0 Å². The number of piperazine rings is 1. The van der Waals surface area contributed by atoms with Crippen LogP contribution >= 0.6 is 0 Å². The number of nitrogens with one attached hydrogen (secondary N) is 2. The number of methoxy groups -OCH3 is 1. The smallest absolute Gasteiger partial charge is 0.219 e. The van der Waals surface area contributed by atoms with Gasteiger partial charge in [-0.25, -0.2) is 0 Å². The summed E-state index contributed by atoms with van der Waals surface area (Å²) in [6.45, 7) is 11.9. The average Bonchev–Trinajstić information content (AvgIpc) is 2.69. The minimum atomic E-state index is 0.155. The third-order valence-corrected chi connectivity index (χ3v) is 4.57. The average molecular weight is 392 g/mol. The van der Waals surface area contributed by atoms with E-state index in [0.29, 0.717) is 18.9 Å². The Kier molecular flexibility index (Phi) is 8.87. The molecule has 1 heterocycles. The molecule has 0 unspecified atom stereocenters. The monoisotopic (exact) mass is 391 g/mol. The molecule has 0 radical (unpaired) electrons. The van der Waals surface area contributed by atoms with Crippen molar-refractivity contribution in [3.8, 4) is 11.5 Å². The number of benzene rings is 1. The summed E-state index contributed by atoms with van der Waals surface area (Å²) >= 11 is 0. The number of ether oxygens (including phenoxy) is 2. The molecule has 2 N–H and O–H groups in total. The van der Waals surface area contributed by atoms with Crippen molar-refractivity contribution >= 4 is 17.6 Å². The van der Waals surface area contributed by atoms with Gasteiger partial charge < -0.3 is 25.0 Å². The molecule has 1 aliphatic heterocycles. The van der Waals surface area contributed by atoms with Crippen LogP contribution in [-0.4, -0.2) is 81.2 Å². The van der Waals surface area contributed by atoms with E-state index in [0.717, 1.165) is 56.7 Å². The Labute approximate surface area is 167 Å². The maximum atomic E-state index is 11.4. The summed E-state index contributed by atoms with van der Waals surface area (Å²) in [4.78, 5) is 20.3. The van der Waals surface area contributed by atoms with E-state index >= 15 is 0 Å². The van der Waals surface area contributed by atoms with E-state index in [1.807, 2.05) is 36.9 Å². The van der Waals surface area contributed by atoms with Gasteiger partial charge in [-0.2, -0.15) is 0 Å². The zero-order valence-electron chi connectivity index (χ0n) is 17.5. The summed E-state index contributed by atoms with van der Waals surface area (Å²) in [6, 6.07) is 5.74. The zero-order chi connectivity index (χ0) is 20.4. The summed E-state index contributed by atoms with van der Waals surface area (Å²) in [6.07, 6.45) is 0. The van der Waals surface area contributed by atoms with Gasteiger partial charge in [0, 0.05) is 57.9 Å². The molecular formula is C20H33N5O3. The van der Waals surface area contributed by atoms with Gasteiger partial charge in [-0.05, 0) is 26.0 Å². The van der Waals surface area contributed by atoms with Gasteiger partial charge >= 0.3 is 0 Å². The highest BCUT2D eigenvalue weighted by atomic mass is 16.5. The van der Waals surface area contributed by atoms with Crippen molar-refractivity contribution in [3.05, 3.63) is 18.2 Å². The lowest BCUT2D eigenvalue weighted by Crippen LogP contribution is -2.48. The Morgan fingerprint density at radius 2 is 1.93 bits per heavy atom. The highest BCUT2D eigenvalue weighted by Crippen LogP contribution is 2.30. The first-order valence-corrected chi connectivity index (χ1v) is 9.91. The molecule has 28 heavy (non-hydrogen) atoms. The van der Waals surface area contributed by atoms with E-state index in [4.69, 9.17) is 9.47 Å². The Hall–Kier alpha value is -2.48. The highest BCUT2D eigenvalue weighted by Gasteiger charge is 2.17. The van der Waals surface area contributed by atoms with Crippen LogP contribution in [0.5, 0.6) is 11.5 Å². The first kappa shape index (κ1) is 21.8. The van der Waals surface area contributed by atoms with Gasteiger partial charge in [-0.15, -0.1) is 0 Å². The number of hydrogen-bond donors (Lipinski definition) is 2. The van der Waals surface area contributed by atoms with Crippen molar-refractivity contribution in [3.63, 3.8) is 0 Å². The fraction of sp³-hybridized carbons (Fsp3) is 0.600. The third-order valence-electron chi connectivity index (χ3n) is 4.57. The van der Waals surface area contributed by atoms with Crippen LogP contribution in [0.25, 0.3) is 0 Å². The van der Waals surface area contributed by atoms with Crippen molar-refractivity contribution < 1.29 is 14.3 Å². The quantitative estimate of drug-likeness (QED) is 0.518. The van der Waals surface area contributed by atoms with Crippen molar-refractivity contribution in [1.29, 1.82) is 0 Å². The maximum absolute atomic E-state index is 11.4. The fourth-order valence-electron chi connectivity index (χ4n) is 3.05. The van der Waals surface area contributed by atoms with Crippen LogP contribution in [0.1, 0.15) is 20.8 Å². The number of guanidine groups is 1. The van der Waals surface area contributed by atoms with Crippen LogP contribution in [-0.2, 0) is 4.79 Å². The number of carbonyl (C=O) groups is 1. The van der Waals surface area contributed by atoms with Gasteiger partial charge in [-0.3, -0.25) is 14.7 Å². The maximum Gasteiger partial charge on any atom is 0.219 e. The summed E-state index contributed by atoms with van der Waals surface area (Å²) in [5.74, 6) is 2.30. The lowest BCUT2D eigenvalue weighted by molar-refractivity contribution is -0.130. The van der Waals surface area contributed by atoms with Crippen LogP contribution < -0.4 is 20.1 Å². The SMILES string of the molecule is CCNC(=NCCN1CCN(C(C)=O)CC1)Nc1ccc(OCC)c(OC)c1. The predicted molar refractivity (Wildman–Crippen MR) is 112 cm³/mol. The molecule has 0 aliphatic carbocycles. The van der Waals surface area contributed by atoms with Gasteiger partial charge in [0.25, 0.3) is 0 Å². The minimum Gasteiger partial charge on any atom is -0.493 e. The Morgan fingerprint density at radius 3 is 2.54 bits per heavy atom. The van der Waals surface area contributed by atoms with Crippen LogP contribution in [0, 0.1) is 0 Å². The molecule has 0 aromatic heterocycles. The number of aliphatic imine (C=N–C) groups is 1. The number of anilines is 1. The van der Waals surface area contributed by atoms with Gasteiger partial charge in [0.15, 0.2) is 17.5 Å². The molecule has 1 aliphatic rings. The second kappa shape index (κ2) is 11.4. The Bertz CT molecular complexity index is 657. The summed E-state index contributed by atoms with van der Waals surface area (Å²) in [7, 11) is 1.63.